The van der Waals surface area contributed by atoms with Gasteiger partial charge in [0, 0.05) is 25.3 Å². The Bertz CT molecular complexity index is 965. The monoisotopic (exact) mass is 422 g/mol. The van der Waals surface area contributed by atoms with E-state index < -0.39 is 5.97 Å². The number of hydrogen-bond acceptors (Lipinski definition) is 5. The standard InChI is InChI=1S/C24H30N4O3/c1-16(25)28-8-6-17(7-9-28)14-31-15-18-10-21(13-22(11-18)24(29)30-2)19-4-3-5-20(12-19)23(26)27/h3-5,10-13,17,25H,6-9,14-15H2,1-2H3,(H3,26,27). The topological polar surface area (TPSA) is 112 Å². The molecule has 1 aliphatic heterocycles. The second kappa shape index (κ2) is 10.2. The molecule has 7 heteroatoms. The second-order valence-corrected chi connectivity index (χ2v) is 7.94. The average molecular weight is 423 g/mol. The van der Waals surface area contributed by atoms with E-state index in [-0.39, 0.29) is 5.84 Å². The van der Waals surface area contributed by atoms with Gasteiger partial charge in [-0.25, -0.2) is 4.79 Å². The molecule has 4 N–H and O–H groups in total. The maximum atomic E-state index is 12.2. The maximum absolute atomic E-state index is 12.2. The maximum Gasteiger partial charge on any atom is 0.337 e. The van der Waals surface area contributed by atoms with E-state index in [1.165, 1.54) is 7.11 Å². The number of nitrogens with two attached hydrogens (primary N) is 1. The number of nitrogen functional groups attached to an aromatic ring is 1. The summed E-state index contributed by atoms with van der Waals surface area (Å²) in [5.41, 5.74) is 9.32. The zero-order valence-corrected chi connectivity index (χ0v) is 18.1. The number of nitrogens with zero attached hydrogens (tertiary/aromatic N) is 1. The number of carbonyl (C=O) groups excluding carboxylic acids is 1. The molecule has 1 fully saturated rings. The van der Waals surface area contributed by atoms with Crippen molar-refractivity contribution in [2.75, 3.05) is 26.8 Å². The van der Waals surface area contributed by atoms with Crippen molar-refractivity contribution in [3.8, 4) is 11.1 Å². The Morgan fingerprint density at radius 1 is 1.10 bits per heavy atom. The number of methoxy groups -OCH3 is 1. The fourth-order valence-electron chi connectivity index (χ4n) is 3.82. The van der Waals surface area contributed by atoms with E-state index in [1.54, 1.807) is 18.2 Å². The summed E-state index contributed by atoms with van der Waals surface area (Å²) in [6.45, 7) is 4.68. The number of nitrogens with one attached hydrogen (secondary N) is 2. The molecule has 1 saturated heterocycles. The summed E-state index contributed by atoms with van der Waals surface area (Å²) in [5, 5.41) is 15.4. The van der Waals surface area contributed by atoms with E-state index in [4.69, 9.17) is 26.0 Å². The van der Waals surface area contributed by atoms with Crippen LogP contribution in [0.5, 0.6) is 0 Å². The molecule has 7 nitrogen and oxygen atoms in total. The summed E-state index contributed by atoms with van der Waals surface area (Å²) in [7, 11) is 1.37. The molecule has 164 valence electrons. The molecule has 0 aliphatic carbocycles. The molecule has 0 radical (unpaired) electrons. The molecule has 0 spiro atoms. The molecule has 0 bridgehead atoms. The number of benzene rings is 2. The predicted molar refractivity (Wildman–Crippen MR) is 122 cm³/mol. The second-order valence-electron chi connectivity index (χ2n) is 7.94. The van der Waals surface area contributed by atoms with Crippen LogP contribution in [0.25, 0.3) is 11.1 Å². The third-order valence-electron chi connectivity index (χ3n) is 5.63. The predicted octanol–water partition coefficient (Wildman–Crippen LogP) is 3.65. The van der Waals surface area contributed by atoms with Crippen LogP contribution in [-0.2, 0) is 16.1 Å². The number of likely N-dealkylation sites (tertiary alicyclic amines) is 1. The van der Waals surface area contributed by atoms with E-state index >= 15 is 0 Å². The summed E-state index contributed by atoms with van der Waals surface area (Å²) >= 11 is 0. The number of carbonyl (C=O) groups is 1. The molecular weight excluding hydrogens is 392 g/mol. The van der Waals surface area contributed by atoms with Gasteiger partial charge in [-0.3, -0.25) is 10.8 Å². The molecule has 0 atom stereocenters. The number of piperidine rings is 1. The Kier molecular flexibility index (Phi) is 7.41. The van der Waals surface area contributed by atoms with Gasteiger partial charge in [0.25, 0.3) is 0 Å². The van der Waals surface area contributed by atoms with E-state index in [9.17, 15) is 4.79 Å². The highest BCUT2D eigenvalue weighted by molar-refractivity contribution is 5.96. The summed E-state index contributed by atoms with van der Waals surface area (Å²) in [5.74, 6) is 0.700. The number of ether oxygens (including phenoxy) is 2. The largest absolute Gasteiger partial charge is 0.465 e. The molecule has 0 aromatic heterocycles. The lowest BCUT2D eigenvalue weighted by atomic mass is 9.97. The first kappa shape index (κ1) is 22.5. The van der Waals surface area contributed by atoms with Crippen molar-refractivity contribution in [2.45, 2.75) is 26.4 Å². The molecule has 2 aromatic carbocycles. The van der Waals surface area contributed by atoms with Crippen molar-refractivity contribution in [3.63, 3.8) is 0 Å². The Balaban J connectivity index is 1.72. The SMILES string of the molecule is COC(=O)c1cc(COCC2CCN(C(C)=N)CC2)cc(-c2cccc(C(=N)N)c2)c1. The number of rotatable bonds is 7. The molecule has 3 rings (SSSR count). The van der Waals surface area contributed by atoms with Crippen molar-refractivity contribution in [2.24, 2.45) is 11.7 Å². The zero-order chi connectivity index (χ0) is 22.4. The molecule has 0 saturated carbocycles. The highest BCUT2D eigenvalue weighted by atomic mass is 16.5. The van der Waals surface area contributed by atoms with Gasteiger partial charge in [0.05, 0.1) is 25.1 Å². The van der Waals surface area contributed by atoms with Crippen molar-refractivity contribution < 1.29 is 14.3 Å². The van der Waals surface area contributed by atoms with Crippen LogP contribution < -0.4 is 5.73 Å². The van der Waals surface area contributed by atoms with Crippen molar-refractivity contribution in [1.29, 1.82) is 10.8 Å². The summed E-state index contributed by atoms with van der Waals surface area (Å²) in [6, 6.07) is 13.0. The normalized spacial score (nSPS) is 14.3. The molecule has 0 unspecified atom stereocenters. The Labute approximate surface area is 183 Å². The van der Waals surface area contributed by atoms with Gasteiger partial charge < -0.3 is 20.1 Å². The van der Waals surface area contributed by atoms with Gasteiger partial charge >= 0.3 is 5.97 Å². The van der Waals surface area contributed by atoms with Gasteiger partial charge in [-0.05, 0) is 66.6 Å². The van der Waals surface area contributed by atoms with Crippen LogP contribution in [0.2, 0.25) is 0 Å². The summed E-state index contributed by atoms with van der Waals surface area (Å²) in [6.07, 6.45) is 2.03. The lowest BCUT2D eigenvalue weighted by molar-refractivity contribution is 0.0597. The zero-order valence-electron chi connectivity index (χ0n) is 18.1. The molecule has 1 heterocycles. The molecule has 1 aliphatic rings. The number of hydrogen-bond donors (Lipinski definition) is 3. The van der Waals surface area contributed by atoms with E-state index in [1.807, 2.05) is 31.2 Å². The highest BCUT2D eigenvalue weighted by Gasteiger charge is 2.19. The Morgan fingerprint density at radius 2 is 1.81 bits per heavy atom. The van der Waals surface area contributed by atoms with Crippen LogP contribution in [0.15, 0.2) is 42.5 Å². The first-order valence-electron chi connectivity index (χ1n) is 10.4. The summed E-state index contributed by atoms with van der Waals surface area (Å²) < 4.78 is 10.9. The lowest BCUT2D eigenvalue weighted by Gasteiger charge is -2.32. The first-order chi connectivity index (χ1) is 14.9. The van der Waals surface area contributed by atoms with Gasteiger partial charge in [-0.1, -0.05) is 18.2 Å². The number of esters is 1. The van der Waals surface area contributed by atoms with Crippen molar-refractivity contribution in [3.05, 3.63) is 59.2 Å². The van der Waals surface area contributed by atoms with E-state index in [0.29, 0.717) is 36.1 Å². The smallest absolute Gasteiger partial charge is 0.337 e. The van der Waals surface area contributed by atoms with Crippen LogP contribution in [0, 0.1) is 16.7 Å². The van der Waals surface area contributed by atoms with Crippen molar-refractivity contribution >= 4 is 17.6 Å². The van der Waals surface area contributed by atoms with Crippen LogP contribution >= 0.6 is 0 Å². The van der Waals surface area contributed by atoms with Crippen LogP contribution in [-0.4, -0.2) is 49.3 Å². The lowest BCUT2D eigenvalue weighted by Crippen LogP contribution is -2.37. The van der Waals surface area contributed by atoms with Crippen LogP contribution in [0.3, 0.4) is 0 Å². The Morgan fingerprint density at radius 3 is 2.45 bits per heavy atom. The quantitative estimate of drug-likeness (QED) is 0.358. The third kappa shape index (κ3) is 5.92. The average Bonchev–Trinajstić information content (AvgIpc) is 2.78. The van der Waals surface area contributed by atoms with E-state index in [2.05, 4.69) is 4.90 Å². The van der Waals surface area contributed by atoms with Gasteiger partial charge in [0.2, 0.25) is 0 Å². The van der Waals surface area contributed by atoms with Gasteiger partial charge in [-0.2, -0.15) is 0 Å². The van der Waals surface area contributed by atoms with Crippen molar-refractivity contribution in [1.82, 2.24) is 4.90 Å². The minimum absolute atomic E-state index is 0.00112. The van der Waals surface area contributed by atoms with Crippen LogP contribution in [0.1, 0.15) is 41.3 Å². The highest BCUT2D eigenvalue weighted by Crippen LogP contribution is 2.25. The molecular formula is C24H30N4O3. The Hall–Kier alpha value is -3.19. The fourth-order valence-corrected chi connectivity index (χ4v) is 3.82. The third-order valence-corrected chi connectivity index (χ3v) is 5.63. The van der Waals surface area contributed by atoms with Crippen LogP contribution in [0.4, 0.5) is 0 Å². The minimum atomic E-state index is -0.403. The fraction of sp³-hybridized carbons (Fsp3) is 0.375. The van der Waals surface area contributed by atoms with E-state index in [0.717, 1.165) is 42.6 Å². The number of amidine groups is 2. The van der Waals surface area contributed by atoms with Gasteiger partial charge in [0.1, 0.15) is 5.84 Å². The van der Waals surface area contributed by atoms with Gasteiger partial charge in [-0.15, -0.1) is 0 Å². The molecule has 0 amide bonds. The summed E-state index contributed by atoms with van der Waals surface area (Å²) in [4.78, 5) is 14.3. The minimum Gasteiger partial charge on any atom is -0.465 e. The molecule has 2 aromatic rings. The van der Waals surface area contributed by atoms with Gasteiger partial charge in [0.15, 0.2) is 0 Å². The molecule has 31 heavy (non-hydrogen) atoms. The first-order valence-corrected chi connectivity index (χ1v) is 10.4.